The van der Waals surface area contributed by atoms with E-state index in [9.17, 15) is 9.18 Å². The van der Waals surface area contributed by atoms with E-state index < -0.39 is 0 Å². The molecule has 30 heavy (non-hydrogen) atoms. The lowest BCUT2D eigenvalue weighted by molar-refractivity contribution is 0.0730. The van der Waals surface area contributed by atoms with Gasteiger partial charge in [0.05, 0.1) is 11.7 Å². The molecule has 1 atom stereocenters. The highest BCUT2D eigenvalue weighted by atomic mass is 79.9. The zero-order valence-electron chi connectivity index (χ0n) is 15.8. The molecule has 2 heterocycles. The number of carbonyl (C=O) groups is 1. The highest BCUT2D eigenvalue weighted by Gasteiger charge is 2.42. The number of hydrogen-bond donors (Lipinski definition) is 1. The number of carbonyl (C=O) groups excluding carboxylic acids is 1. The molecule has 4 nitrogen and oxygen atoms in total. The topological polar surface area (TPSA) is 49.0 Å². The maximum absolute atomic E-state index is 13.4. The number of nitrogens with zero attached hydrogens (tertiary/aromatic N) is 2. The van der Waals surface area contributed by atoms with E-state index in [4.69, 9.17) is 0 Å². The van der Waals surface area contributed by atoms with Gasteiger partial charge in [0.25, 0.3) is 5.91 Å². The third-order valence-electron chi connectivity index (χ3n) is 5.34. The van der Waals surface area contributed by atoms with Crippen molar-refractivity contribution in [1.29, 1.82) is 0 Å². The van der Waals surface area contributed by atoms with Crippen LogP contribution in [0.4, 0.5) is 4.39 Å². The smallest absolute Gasteiger partial charge is 0.273 e. The lowest BCUT2D eigenvalue weighted by Gasteiger charge is -2.26. The Bertz CT molecular complexity index is 1220. The molecule has 148 valence electrons. The minimum absolute atomic E-state index is 0.117. The fourth-order valence-electron chi connectivity index (χ4n) is 3.99. The molecule has 1 N–H and O–H groups in total. The zero-order chi connectivity index (χ0) is 20.7. The molecule has 0 saturated carbocycles. The van der Waals surface area contributed by atoms with Gasteiger partial charge in [-0.2, -0.15) is 5.10 Å². The highest BCUT2D eigenvalue weighted by molar-refractivity contribution is 9.10. The van der Waals surface area contributed by atoms with Crippen LogP contribution in [0.2, 0.25) is 0 Å². The van der Waals surface area contributed by atoms with Gasteiger partial charge in [0.1, 0.15) is 11.5 Å². The zero-order valence-corrected chi connectivity index (χ0v) is 17.4. The van der Waals surface area contributed by atoms with Gasteiger partial charge >= 0.3 is 0 Å². The fourth-order valence-corrected chi connectivity index (χ4v) is 4.40. The molecule has 1 aromatic heterocycles. The SMILES string of the molecule is O=C1c2[nH]nc(-c3ccccc3)c2C(c2cccc(Br)c2)N1Cc1ccc(F)cc1. The van der Waals surface area contributed by atoms with Gasteiger partial charge < -0.3 is 4.90 Å². The van der Waals surface area contributed by atoms with Gasteiger partial charge in [-0.1, -0.05) is 70.5 Å². The summed E-state index contributed by atoms with van der Waals surface area (Å²) in [5, 5.41) is 7.44. The second kappa shape index (κ2) is 7.54. The minimum Gasteiger partial charge on any atom is -0.322 e. The van der Waals surface area contributed by atoms with Crippen molar-refractivity contribution >= 4 is 21.8 Å². The van der Waals surface area contributed by atoms with Crippen molar-refractivity contribution in [2.75, 3.05) is 0 Å². The summed E-state index contributed by atoms with van der Waals surface area (Å²) in [4.78, 5) is 15.2. The first-order chi connectivity index (χ1) is 14.6. The first-order valence-electron chi connectivity index (χ1n) is 9.56. The quantitative estimate of drug-likeness (QED) is 0.422. The second-order valence-corrected chi connectivity index (χ2v) is 8.16. The monoisotopic (exact) mass is 461 g/mol. The van der Waals surface area contributed by atoms with E-state index in [1.165, 1.54) is 12.1 Å². The molecule has 0 bridgehead atoms. The average molecular weight is 462 g/mol. The van der Waals surface area contributed by atoms with Crippen molar-refractivity contribution in [3.63, 3.8) is 0 Å². The number of halogens is 2. The van der Waals surface area contributed by atoms with Crippen molar-refractivity contribution in [2.45, 2.75) is 12.6 Å². The van der Waals surface area contributed by atoms with Crippen LogP contribution < -0.4 is 0 Å². The Morgan fingerprint density at radius 2 is 1.77 bits per heavy atom. The van der Waals surface area contributed by atoms with E-state index in [1.807, 2.05) is 59.5 Å². The summed E-state index contributed by atoms with van der Waals surface area (Å²) in [6.45, 7) is 0.368. The lowest BCUT2D eigenvalue weighted by Crippen LogP contribution is -2.29. The van der Waals surface area contributed by atoms with Gasteiger partial charge in [-0.15, -0.1) is 0 Å². The maximum atomic E-state index is 13.4. The molecule has 1 unspecified atom stereocenters. The highest BCUT2D eigenvalue weighted by Crippen LogP contribution is 2.43. The van der Waals surface area contributed by atoms with Gasteiger partial charge in [0.2, 0.25) is 0 Å². The Morgan fingerprint density at radius 3 is 2.50 bits per heavy atom. The summed E-state index contributed by atoms with van der Waals surface area (Å²) in [6, 6.07) is 23.7. The van der Waals surface area contributed by atoms with Crippen LogP contribution in [0.25, 0.3) is 11.3 Å². The summed E-state index contributed by atoms with van der Waals surface area (Å²) in [7, 11) is 0. The summed E-state index contributed by atoms with van der Waals surface area (Å²) in [5.41, 5.74) is 4.94. The molecule has 0 radical (unpaired) electrons. The van der Waals surface area contributed by atoms with Crippen LogP contribution in [0.3, 0.4) is 0 Å². The van der Waals surface area contributed by atoms with E-state index >= 15 is 0 Å². The van der Waals surface area contributed by atoms with Gasteiger partial charge in [0.15, 0.2) is 0 Å². The van der Waals surface area contributed by atoms with E-state index in [0.717, 1.165) is 32.4 Å². The summed E-state index contributed by atoms with van der Waals surface area (Å²) in [5.74, 6) is -0.412. The Kier molecular flexibility index (Phi) is 4.71. The van der Waals surface area contributed by atoms with Gasteiger partial charge in [-0.05, 0) is 35.4 Å². The number of nitrogens with one attached hydrogen (secondary N) is 1. The predicted molar refractivity (Wildman–Crippen MR) is 116 cm³/mol. The molecule has 0 saturated heterocycles. The molecule has 4 aromatic rings. The van der Waals surface area contributed by atoms with Crippen LogP contribution >= 0.6 is 15.9 Å². The number of amides is 1. The van der Waals surface area contributed by atoms with Crippen LogP contribution in [0.15, 0.2) is 83.3 Å². The van der Waals surface area contributed by atoms with E-state index in [-0.39, 0.29) is 17.8 Å². The molecule has 1 aliphatic heterocycles. The largest absolute Gasteiger partial charge is 0.322 e. The first-order valence-corrected chi connectivity index (χ1v) is 10.4. The lowest BCUT2D eigenvalue weighted by atomic mass is 9.96. The van der Waals surface area contributed by atoms with Gasteiger partial charge in [-0.25, -0.2) is 4.39 Å². The Balaban J connectivity index is 1.64. The Hall–Kier alpha value is -3.25. The number of aromatic nitrogens is 2. The van der Waals surface area contributed by atoms with Crippen molar-refractivity contribution in [2.24, 2.45) is 0 Å². The van der Waals surface area contributed by atoms with Crippen molar-refractivity contribution in [3.05, 3.63) is 112 Å². The number of aromatic amines is 1. The third kappa shape index (κ3) is 3.23. The molecular formula is C24H17BrFN3O. The summed E-state index contributed by atoms with van der Waals surface area (Å²) >= 11 is 3.54. The molecule has 5 rings (SSSR count). The molecule has 0 fully saturated rings. The van der Waals surface area contributed by atoms with Crippen molar-refractivity contribution < 1.29 is 9.18 Å². The van der Waals surface area contributed by atoms with Crippen LogP contribution in [0.5, 0.6) is 0 Å². The Labute approximate surface area is 181 Å². The van der Waals surface area contributed by atoms with E-state index in [2.05, 4.69) is 26.1 Å². The number of benzene rings is 3. The summed E-state index contributed by atoms with van der Waals surface area (Å²) < 4.78 is 14.3. The number of fused-ring (bicyclic) bond motifs is 1. The van der Waals surface area contributed by atoms with Crippen LogP contribution in [-0.4, -0.2) is 21.0 Å². The number of rotatable bonds is 4. The van der Waals surface area contributed by atoms with Gasteiger partial charge in [0, 0.05) is 22.1 Å². The van der Waals surface area contributed by atoms with Crippen LogP contribution in [0.1, 0.15) is 33.2 Å². The van der Waals surface area contributed by atoms with E-state index in [0.29, 0.717) is 12.2 Å². The Morgan fingerprint density at radius 1 is 1.00 bits per heavy atom. The molecule has 1 amide bonds. The first kappa shape index (κ1) is 18.8. The predicted octanol–water partition coefficient (Wildman–Crippen LogP) is 5.72. The molecule has 6 heteroatoms. The number of H-pyrrole nitrogens is 1. The second-order valence-electron chi connectivity index (χ2n) is 7.24. The van der Waals surface area contributed by atoms with Crippen LogP contribution in [-0.2, 0) is 6.54 Å². The van der Waals surface area contributed by atoms with Crippen molar-refractivity contribution in [3.8, 4) is 11.3 Å². The maximum Gasteiger partial charge on any atom is 0.273 e. The van der Waals surface area contributed by atoms with Crippen molar-refractivity contribution in [1.82, 2.24) is 15.1 Å². The molecule has 0 spiro atoms. The molecule has 0 aliphatic carbocycles. The van der Waals surface area contributed by atoms with E-state index in [1.54, 1.807) is 12.1 Å². The normalized spacial score (nSPS) is 15.5. The fraction of sp³-hybridized carbons (Fsp3) is 0.0833. The minimum atomic E-state index is -0.302. The summed E-state index contributed by atoms with van der Waals surface area (Å²) in [6.07, 6.45) is 0. The number of hydrogen-bond acceptors (Lipinski definition) is 2. The van der Waals surface area contributed by atoms with Crippen LogP contribution in [0, 0.1) is 5.82 Å². The standard InChI is InChI=1S/C24H17BrFN3O/c25-18-8-4-7-17(13-18)23-20-21(16-5-2-1-3-6-16)27-28-22(20)24(30)29(23)14-15-9-11-19(26)12-10-15/h1-13,23H,14H2,(H,27,28). The molecule has 3 aromatic carbocycles. The third-order valence-corrected chi connectivity index (χ3v) is 5.83. The van der Waals surface area contributed by atoms with Gasteiger partial charge in [-0.3, -0.25) is 9.89 Å². The molecular weight excluding hydrogens is 445 g/mol. The average Bonchev–Trinajstić information content (AvgIpc) is 3.30. The molecule has 1 aliphatic rings.